The Kier molecular flexibility index (Phi) is 4.97. The van der Waals surface area contributed by atoms with Gasteiger partial charge in [-0.25, -0.2) is 0 Å². The van der Waals surface area contributed by atoms with E-state index < -0.39 is 0 Å². The van der Waals surface area contributed by atoms with E-state index in [1.807, 2.05) is 55.5 Å². The minimum Gasteiger partial charge on any atom is -0.496 e. The van der Waals surface area contributed by atoms with Crippen LogP contribution >= 0.6 is 0 Å². The molecule has 2 aromatic carbocycles. The third-order valence-corrected chi connectivity index (χ3v) is 4.72. The van der Waals surface area contributed by atoms with Crippen molar-refractivity contribution in [3.05, 3.63) is 54.4 Å². The van der Waals surface area contributed by atoms with Crippen molar-refractivity contribution >= 4 is 11.6 Å². The summed E-state index contributed by atoms with van der Waals surface area (Å²) in [7, 11) is 1.60. The van der Waals surface area contributed by atoms with Crippen LogP contribution in [0.2, 0.25) is 0 Å². The number of anilines is 1. The molecule has 7 nitrogen and oxygen atoms in total. The molecule has 1 saturated heterocycles. The number of benzene rings is 2. The largest absolute Gasteiger partial charge is 0.496 e. The molecule has 2 heterocycles. The third kappa shape index (κ3) is 3.43. The number of methoxy groups -OCH3 is 1. The Morgan fingerprint density at radius 3 is 2.71 bits per heavy atom. The summed E-state index contributed by atoms with van der Waals surface area (Å²) in [6, 6.07) is 15.0. The molecule has 0 N–H and O–H groups in total. The van der Waals surface area contributed by atoms with Crippen LogP contribution in [0.4, 0.5) is 5.69 Å². The maximum Gasteiger partial charge on any atom is 0.232 e. The van der Waals surface area contributed by atoms with Crippen LogP contribution in [-0.4, -0.2) is 36.3 Å². The molecule has 3 aromatic rings. The fraction of sp³-hybridized carbons (Fsp3) is 0.286. The number of hydrogen-bond donors (Lipinski definition) is 0. The topological polar surface area (TPSA) is 77.7 Å². The minimum absolute atomic E-state index is 0.0335. The second-order valence-corrected chi connectivity index (χ2v) is 6.49. The SMILES string of the molecule is CCOc1ccc(N2CC(c3nc(-c4ccccc4OC)no3)CC2=O)cc1. The summed E-state index contributed by atoms with van der Waals surface area (Å²) >= 11 is 0. The van der Waals surface area contributed by atoms with Crippen LogP contribution in [0, 0.1) is 0 Å². The minimum atomic E-state index is -0.143. The van der Waals surface area contributed by atoms with Gasteiger partial charge in [-0.15, -0.1) is 0 Å². The monoisotopic (exact) mass is 379 g/mol. The molecule has 1 fully saturated rings. The number of hydrogen-bond acceptors (Lipinski definition) is 6. The molecule has 0 radical (unpaired) electrons. The van der Waals surface area contributed by atoms with Crippen molar-refractivity contribution in [3.63, 3.8) is 0 Å². The second-order valence-electron chi connectivity index (χ2n) is 6.49. The number of amides is 1. The first-order valence-electron chi connectivity index (χ1n) is 9.19. The first kappa shape index (κ1) is 18.0. The normalized spacial score (nSPS) is 16.4. The second kappa shape index (κ2) is 7.72. The van der Waals surface area contributed by atoms with Gasteiger partial charge in [-0.3, -0.25) is 4.79 Å². The Labute approximate surface area is 162 Å². The highest BCUT2D eigenvalue weighted by Gasteiger charge is 2.35. The van der Waals surface area contributed by atoms with E-state index in [1.54, 1.807) is 12.0 Å². The molecule has 1 amide bonds. The Bertz CT molecular complexity index is 968. The molecule has 28 heavy (non-hydrogen) atoms. The Morgan fingerprint density at radius 2 is 1.96 bits per heavy atom. The highest BCUT2D eigenvalue weighted by Crippen LogP contribution is 2.34. The lowest BCUT2D eigenvalue weighted by Gasteiger charge is -2.16. The van der Waals surface area contributed by atoms with E-state index in [2.05, 4.69) is 10.1 Å². The van der Waals surface area contributed by atoms with E-state index in [0.717, 1.165) is 17.0 Å². The van der Waals surface area contributed by atoms with E-state index in [-0.39, 0.29) is 11.8 Å². The van der Waals surface area contributed by atoms with Crippen molar-refractivity contribution in [2.24, 2.45) is 0 Å². The lowest BCUT2D eigenvalue weighted by molar-refractivity contribution is -0.117. The molecular weight excluding hydrogens is 358 g/mol. The van der Waals surface area contributed by atoms with Crippen LogP contribution in [0.3, 0.4) is 0 Å². The van der Waals surface area contributed by atoms with Crippen LogP contribution < -0.4 is 14.4 Å². The highest BCUT2D eigenvalue weighted by atomic mass is 16.5. The number of rotatable bonds is 6. The lowest BCUT2D eigenvalue weighted by atomic mass is 10.1. The molecule has 0 spiro atoms. The van der Waals surface area contributed by atoms with E-state index in [0.29, 0.717) is 37.0 Å². The molecule has 1 unspecified atom stereocenters. The van der Waals surface area contributed by atoms with Gasteiger partial charge in [0.15, 0.2) is 0 Å². The number of aromatic nitrogens is 2. The van der Waals surface area contributed by atoms with E-state index in [4.69, 9.17) is 14.0 Å². The first-order chi connectivity index (χ1) is 13.7. The van der Waals surface area contributed by atoms with Crippen LogP contribution in [-0.2, 0) is 4.79 Å². The Balaban J connectivity index is 1.52. The first-order valence-corrected chi connectivity index (χ1v) is 9.19. The summed E-state index contributed by atoms with van der Waals surface area (Å²) in [4.78, 5) is 18.8. The summed E-state index contributed by atoms with van der Waals surface area (Å²) in [5, 5.41) is 4.08. The molecule has 0 bridgehead atoms. The molecule has 1 atom stereocenters. The van der Waals surface area contributed by atoms with Gasteiger partial charge in [0.2, 0.25) is 17.6 Å². The van der Waals surface area contributed by atoms with Gasteiger partial charge < -0.3 is 18.9 Å². The summed E-state index contributed by atoms with van der Waals surface area (Å²) in [5.41, 5.74) is 1.59. The number of para-hydroxylation sites is 1. The van der Waals surface area contributed by atoms with Crippen molar-refractivity contribution in [1.82, 2.24) is 10.1 Å². The zero-order chi connectivity index (χ0) is 19.5. The smallest absolute Gasteiger partial charge is 0.232 e. The van der Waals surface area contributed by atoms with Gasteiger partial charge in [-0.1, -0.05) is 17.3 Å². The van der Waals surface area contributed by atoms with Crippen molar-refractivity contribution in [3.8, 4) is 22.9 Å². The molecule has 4 rings (SSSR count). The maximum absolute atomic E-state index is 12.5. The molecule has 1 aromatic heterocycles. The summed E-state index contributed by atoms with van der Waals surface area (Å²) in [6.45, 7) is 3.04. The average Bonchev–Trinajstić information content (AvgIpc) is 3.36. The summed E-state index contributed by atoms with van der Waals surface area (Å²) in [6.07, 6.45) is 0.334. The molecule has 1 aliphatic heterocycles. The molecular formula is C21H21N3O4. The summed E-state index contributed by atoms with van der Waals surface area (Å²) < 4.78 is 16.3. The van der Waals surface area contributed by atoms with Gasteiger partial charge >= 0.3 is 0 Å². The maximum atomic E-state index is 12.5. The zero-order valence-corrected chi connectivity index (χ0v) is 15.8. The highest BCUT2D eigenvalue weighted by molar-refractivity contribution is 5.96. The predicted octanol–water partition coefficient (Wildman–Crippen LogP) is 3.66. The Hall–Kier alpha value is -3.35. The van der Waals surface area contributed by atoms with Gasteiger partial charge in [0.1, 0.15) is 11.5 Å². The van der Waals surface area contributed by atoms with Crippen LogP contribution in [0.15, 0.2) is 53.1 Å². The van der Waals surface area contributed by atoms with Crippen molar-refractivity contribution in [1.29, 1.82) is 0 Å². The average molecular weight is 379 g/mol. The lowest BCUT2D eigenvalue weighted by Crippen LogP contribution is -2.24. The fourth-order valence-corrected chi connectivity index (χ4v) is 3.35. The van der Waals surface area contributed by atoms with Crippen LogP contribution in [0.25, 0.3) is 11.4 Å². The summed E-state index contributed by atoms with van der Waals surface area (Å²) in [5.74, 6) is 2.27. The third-order valence-electron chi connectivity index (χ3n) is 4.72. The zero-order valence-electron chi connectivity index (χ0n) is 15.8. The van der Waals surface area contributed by atoms with Gasteiger partial charge in [0, 0.05) is 18.7 Å². The van der Waals surface area contributed by atoms with Crippen molar-refractivity contribution < 1.29 is 18.8 Å². The van der Waals surface area contributed by atoms with E-state index in [1.165, 1.54) is 0 Å². The Morgan fingerprint density at radius 1 is 1.18 bits per heavy atom. The molecule has 0 saturated carbocycles. The van der Waals surface area contributed by atoms with Crippen LogP contribution in [0.1, 0.15) is 25.2 Å². The molecule has 0 aliphatic carbocycles. The van der Waals surface area contributed by atoms with Gasteiger partial charge in [0.25, 0.3) is 0 Å². The van der Waals surface area contributed by atoms with Gasteiger partial charge in [-0.05, 0) is 43.3 Å². The molecule has 144 valence electrons. The van der Waals surface area contributed by atoms with E-state index >= 15 is 0 Å². The molecule has 1 aliphatic rings. The number of nitrogens with zero attached hydrogens (tertiary/aromatic N) is 3. The van der Waals surface area contributed by atoms with Gasteiger partial charge in [-0.2, -0.15) is 4.98 Å². The van der Waals surface area contributed by atoms with Gasteiger partial charge in [0.05, 0.1) is 25.2 Å². The number of carbonyl (C=O) groups is 1. The number of ether oxygens (including phenoxy) is 2. The predicted molar refractivity (Wildman–Crippen MR) is 104 cm³/mol. The standard InChI is InChI=1S/C21H21N3O4/c1-3-27-16-10-8-15(9-11-16)24-13-14(12-19(24)25)21-22-20(23-28-21)17-6-4-5-7-18(17)26-2/h4-11,14H,3,12-13H2,1-2H3. The molecule has 7 heteroatoms. The van der Waals surface area contributed by atoms with Crippen molar-refractivity contribution in [2.75, 3.05) is 25.2 Å². The fourth-order valence-electron chi connectivity index (χ4n) is 3.35. The van der Waals surface area contributed by atoms with Crippen LogP contribution in [0.5, 0.6) is 11.5 Å². The quantitative estimate of drug-likeness (QED) is 0.650. The number of carbonyl (C=O) groups excluding carboxylic acids is 1. The van der Waals surface area contributed by atoms with Crippen molar-refractivity contribution in [2.45, 2.75) is 19.3 Å². The van der Waals surface area contributed by atoms with E-state index in [9.17, 15) is 4.79 Å².